The van der Waals surface area contributed by atoms with Crippen molar-refractivity contribution < 1.29 is 0 Å². The summed E-state index contributed by atoms with van der Waals surface area (Å²) in [5, 5.41) is 3.39. The van der Waals surface area contributed by atoms with Gasteiger partial charge in [-0.3, -0.25) is 0 Å². The summed E-state index contributed by atoms with van der Waals surface area (Å²) in [6.07, 6.45) is 1.11. The van der Waals surface area contributed by atoms with Gasteiger partial charge in [0.2, 0.25) is 0 Å². The average molecular weight is 271 g/mol. The molecule has 0 bridgehead atoms. The molecule has 1 rings (SSSR count). The van der Waals surface area contributed by atoms with Crippen LogP contribution in [0.15, 0.2) is 22.7 Å². The van der Waals surface area contributed by atoms with Crippen molar-refractivity contribution >= 4 is 21.6 Å². The van der Waals surface area contributed by atoms with Crippen LogP contribution >= 0.6 is 15.9 Å². The fraction of sp³-hybridized carbons (Fsp3) is 0.500. The normalized spacial score (nSPS) is 12.5. The molecule has 1 aromatic rings. The van der Waals surface area contributed by atoms with E-state index in [0.717, 1.165) is 29.7 Å². The van der Waals surface area contributed by atoms with Crippen LogP contribution in [0.4, 0.5) is 5.69 Å². The summed E-state index contributed by atoms with van der Waals surface area (Å²) in [5.74, 6) is 0.589. The summed E-state index contributed by atoms with van der Waals surface area (Å²) in [6.45, 7) is 6.00. The molecule has 0 spiro atoms. The molecule has 0 amide bonds. The summed E-state index contributed by atoms with van der Waals surface area (Å²) in [6, 6.07) is 6.33. The van der Waals surface area contributed by atoms with E-state index in [-0.39, 0.29) is 0 Å². The molecule has 0 fully saturated rings. The van der Waals surface area contributed by atoms with Crippen molar-refractivity contribution in [1.82, 2.24) is 0 Å². The molecule has 1 atom stereocenters. The summed E-state index contributed by atoms with van der Waals surface area (Å²) in [7, 11) is 0. The fourth-order valence-corrected chi connectivity index (χ4v) is 1.66. The first-order chi connectivity index (χ1) is 7.13. The van der Waals surface area contributed by atoms with Crippen molar-refractivity contribution in [3.63, 3.8) is 0 Å². The zero-order valence-electron chi connectivity index (χ0n) is 9.39. The number of halogens is 1. The molecule has 0 saturated heterocycles. The smallest absolute Gasteiger partial charge is 0.0351 e. The van der Waals surface area contributed by atoms with E-state index in [1.807, 2.05) is 0 Å². The van der Waals surface area contributed by atoms with Gasteiger partial charge in [-0.25, -0.2) is 0 Å². The Bertz CT molecular complexity index is 312. The molecule has 0 saturated carbocycles. The lowest BCUT2D eigenvalue weighted by Crippen LogP contribution is -2.14. The Morgan fingerprint density at radius 2 is 2.20 bits per heavy atom. The van der Waals surface area contributed by atoms with Gasteiger partial charge >= 0.3 is 0 Å². The highest BCUT2D eigenvalue weighted by Crippen LogP contribution is 2.20. The summed E-state index contributed by atoms with van der Waals surface area (Å²) in [5.41, 5.74) is 7.98. The Labute approximate surface area is 100 Å². The average Bonchev–Trinajstić information content (AvgIpc) is 2.23. The van der Waals surface area contributed by atoms with Crippen molar-refractivity contribution in [1.29, 1.82) is 0 Å². The summed E-state index contributed by atoms with van der Waals surface area (Å²) < 4.78 is 1.15. The van der Waals surface area contributed by atoms with Crippen molar-refractivity contribution in [2.75, 3.05) is 18.4 Å². The quantitative estimate of drug-likeness (QED) is 0.863. The molecular weight excluding hydrogens is 252 g/mol. The number of anilines is 1. The van der Waals surface area contributed by atoms with E-state index in [9.17, 15) is 0 Å². The maximum Gasteiger partial charge on any atom is 0.0351 e. The first-order valence-corrected chi connectivity index (χ1v) is 6.13. The third-order valence-electron chi connectivity index (χ3n) is 2.54. The van der Waals surface area contributed by atoms with Crippen LogP contribution in [0.2, 0.25) is 0 Å². The number of aryl methyl sites for hydroxylation is 1. The van der Waals surface area contributed by atoms with Crippen LogP contribution in [0, 0.1) is 12.8 Å². The predicted octanol–water partition coefficient (Wildman–Crippen LogP) is 3.15. The van der Waals surface area contributed by atoms with Gasteiger partial charge in [-0.1, -0.05) is 28.9 Å². The number of hydrogen-bond donors (Lipinski definition) is 2. The van der Waals surface area contributed by atoms with Crippen molar-refractivity contribution in [3.05, 3.63) is 28.2 Å². The van der Waals surface area contributed by atoms with Crippen LogP contribution in [0.5, 0.6) is 0 Å². The second-order valence-electron chi connectivity index (χ2n) is 4.02. The molecule has 0 aliphatic carbocycles. The van der Waals surface area contributed by atoms with Crippen LogP contribution in [0.1, 0.15) is 18.9 Å². The highest BCUT2D eigenvalue weighted by Gasteiger charge is 2.00. The van der Waals surface area contributed by atoms with Gasteiger partial charge in [-0.15, -0.1) is 0 Å². The second kappa shape index (κ2) is 6.13. The first-order valence-electron chi connectivity index (χ1n) is 5.33. The van der Waals surface area contributed by atoms with E-state index in [2.05, 4.69) is 53.3 Å². The van der Waals surface area contributed by atoms with E-state index in [1.165, 1.54) is 5.56 Å². The molecule has 3 N–H and O–H groups in total. The molecule has 84 valence electrons. The Hall–Kier alpha value is -0.540. The minimum Gasteiger partial charge on any atom is -0.385 e. The molecule has 1 aromatic carbocycles. The Morgan fingerprint density at radius 3 is 2.80 bits per heavy atom. The minimum absolute atomic E-state index is 0.589. The van der Waals surface area contributed by atoms with Gasteiger partial charge in [0.15, 0.2) is 0 Å². The van der Waals surface area contributed by atoms with Crippen LogP contribution < -0.4 is 11.1 Å². The lowest BCUT2D eigenvalue weighted by molar-refractivity contribution is 0.561. The monoisotopic (exact) mass is 270 g/mol. The lowest BCUT2D eigenvalue weighted by Gasteiger charge is -2.11. The molecule has 0 aliphatic heterocycles. The molecule has 2 nitrogen and oxygen atoms in total. The van der Waals surface area contributed by atoms with Crippen molar-refractivity contribution in [2.24, 2.45) is 11.7 Å². The first kappa shape index (κ1) is 12.5. The predicted molar refractivity (Wildman–Crippen MR) is 70.2 cm³/mol. The van der Waals surface area contributed by atoms with Gasteiger partial charge < -0.3 is 11.1 Å². The van der Waals surface area contributed by atoms with E-state index in [1.54, 1.807) is 0 Å². The minimum atomic E-state index is 0.589. The topological polar surface area (TPSA) is 38.0 Å². The second-order valence-corrected chi connectivity index (χ2v) is 4.87. The van der Waals surface area contributed by atoms with Crippen LogP contribution in [0.3, 0.4) is 0 Å². The summed E-state index contributed by atoms with van der Waals surface area (Å²) in [4.78, 5) is 0. The largest absolute Gasteiger partial charge is 0.385 e. The lowest BCUT2D eigenvalue weighted by atomic mass is 10.1. The standard InChI is InChI=1S/C12H19BrN2/c1-9(8-14)5-6-15-11-4-3-10(2)12(13)7-11/h3-4,7,9,15H,5-6,8,14H2,1-2H3. The molecule has 0 heterocycles. The van der Waals surface area contributed by atoms with E-state index < -0.39 is 0 Å². The number of benzene rings is 1. The molecule has 0 aromatic heterocycles. The van der Waals surface area contributed by atoms with Gasteiger partial charge in [-0.05, 0) is 43.5 Å². The third kappa shape index (κ3) is 4.22. The van der Waals surface area contributed by atoms with Crippen molar-refractivity contribution in [3.8, 4) is 0 Å². The SMILES string of the molecule is Cc1ccc(NCCC(C)CN)cc1Br. The fourth-order valence-electron chi connectivity index (χ4n) is 1.28. The highest BCUT2D eigenvalue weighted by atomic mass is 79.9. The van der Waals surface area contributed by atoms with Crippen LogP contribution in [-0.2, 0) is 0 Å². The number of nitrogens with one attached hydrogen (secondary N) is 1. The van der Waals surface area contributed by atoms with Gasteiger partial charge in [0.1, 0.15) is 0 Å². The summed E-state index contributed by atoms with van der Waals surface area (Å²) >= 11 is 3.52. The zero-order chi connectivity index (χ0) is 11.3. The number of hydrogen-bond acceptors (Lipinski definition) is 2. The number of rotatable bonds is 5. The van der Waals surface area contributed by atoms with Gasteiger partial charge in [0.25, 0.3) is 0 Å². The molecule has 0 radical (unpaired) electrons. The Morgan fingerprint density at radius 1 is 1.47 bits per heavy atom. The van der Waals surface area contributed by atoms with E-state index >= 15 is 0 Å². The van der Waals surface area contributed by atoms with Crippen molar-refractivity contribution in [2.45, 2.75) is 20.3 Å². The highest BCUT2D eigenvalue weighted by molar-refractivity contribution is 9.10. The number of nitrogens with two attached hydrogens (primary N) is 1. The van der Waals surface area contributed by atoms with Gasteiger partial charge in [0, 0.05) is 16.7 Å². The zero-order valence-corrected chi connectivity index (χ0v) is 11.0. The molecular formula is C12H19BrN2. The van der Waals surface area contributed by atoms with Gasteiger partial charge in [-0.2, -0.15) is 0 Å². The molecule has 3 heteroatoms. The van der Waals surface area contributed by atoms with Crippen LogP contribution in [0.25, 0.3) is 0 Å². The Balaban J connectivity index is 2.41. The van der Waals surface area contributed by atoms with Crippen LogP contribution in [-0.4, -0.2) is 13.1 Å². The molecule has 1 unspecified atom stereocenters. The van der Waals surface area contributed by atoms with E-state index in [0.29, 0.717) is 5.92 Å². The van der Waals surface area contributed by atoms with Gasteiger partial charge in [0.05, 0.1) is 0 Å². The van der Waals surface area contributed by atoms with E-state index in [4.69, 9.17) is 5.73 Å². The Kier molecular flexibility index (Phi) is 5.12. The maximum absolute atomic E-state index is 5.56. The molecule has 15 heavy (non-hydrogen) atoms. The maximum atomic E-state index is 5.56. The third-order valence-corrected chi connectivity index (χ3v) is 3.39. The molecule has 0 aliphatic rings.